The standard InChI is InChI=1S/C15H23ClN2O/c1-2-9-18-10-7-15(12-19,8-11-18)17-14-6-4-3-5-13(14)16/h3-6,17,19H,2,7-12H2,1H3. The molecule has 0 aliphatic carbocycles. The Bertz CT molecular complexity index is 403. The van der Waals surface area contributed by atoms with Crippen molar-refractivity contribution in [3.8, 4) is 0 Å². The molecule has 2 N–H and O–H groups in total. The highest BCUT2D eigenvalue weighted by Gasteiger charge is 2.34. The summed E-state index contributed by atoms with van der Waals surface area (Å²) in [7, 11) is 0. The summed E-state index contributed by atoms with van der Waals surface area (Å²) in [5.74, 6) is 0. The first kappa shape index (κ1) is 14.6. The van der Waals surface area contributed by atoms with Crippen molar-refractivity contribution in [3.63, 3.8) is 0 Å². The number of nitrogens with zero attached hydrogens (tertiary/aromatic N) is 1. The summed E-state index contributed by atoms with van der Waals surface area (Å²) < 4.78 is 0. The molecule has 1 aliphatic heterocycles. The Balaban J connectivity index is 2.02. The molecular weight excluding hydrogens is 260 g/mol. The van der Waals surface area contributed by atoms with E-state index in [2.05, 4.69) is 17.1 Å². The van der Waals surface area contributed by atoms with E-state index in [0.717, 1.165) is 38.2 Å². The fourth-order valence-electron chi connectivity index (χ4n) is 2.69. The van der Waals surface area contributed by atoms with Gasteiger partial charge in [-0.15, -0.1) is 0 Å². The molecule has 0 amide bonds. The van der Waals surface area contributed by atoms with Crippen molar-refractivity contribution in [2.24, 2.45) is 0 Å². The van der Waals surface area contributed by atoms with Gasteiger partial charge in [-0.1, -0.05) is 30.7 Å². The van der Waals surface area contributed by atoms with Crippen molar-refractivity contribution in [1.82, 2.24) is 4.90 Å². The van der Waals surface area contributed by atoms with E-state index in [1.54, 1.807) is 0 Å². The van der Waals surface area contributed by atoms with Crippen LogP contribution in [-0.2, 0) is 0 Å². The summed E-state index contributed by atoms with van der Waals surface area (Å²) in [5.41, 5.74) is 0.692. The third-order valence-corrected chi connectivity index (χ3v) is 4.26. The largest absolute Gasteiger partial charge is 0.394 e. The molecule has 0 aromatic heterocycles. The first-order chi connectivity index (χ1) is 9.19. The Kier molecular flexibility index (Phi) is 5.08. The summed E-state index contributed by atoms with van der Waals surface area (Å²) in [6.45, 7) is 5.57. The minimum absolute atomic E-state index is 0.151. The average Bonchev–Trinajstić information content (AvgIpc) is 2.44. The molecule has 0 spiro atoms. The number of benzene rings is 1. The number of hydrogen-bond donors (Lipinski definition) is 2. The van der Waals surface area contributed by atoms with E-state index >= 15 is 0 Å². The van der Waals surface area contributed by atoms with Crippen molar-refractivity contribution in [3.05, 3.63) is 29.3 Å². The maximum Gasteiger partial charge on any atom is 0.0662 e. The number of likely N-dealkylation sites (tertiary alicyclic amines) is 1. The molecule has 0 radical (unpaired) electrons. The molecule has 3 nitrogen and oxygen atoms in total. The molecule has 1 aromatic rings. The SMILES string of the molecule is CCCN1CCC(CO)(Nc2ccccc2Cl)CC1. The summed E-state index contributed by atoms with van der Waals surface area (Å²) in [5, 5.41) is 14.0. The monoisotopic (exact) mass is 282 g/mol. The highest BCUT2D eigenvalue weighted by Crippen LogP contribution is 2.30. The molecule has 1 fully saturated rings. The molecule has 0 bridgehead atoms. The van der Waals surface area contributed by atoms with E-state index in [4.69, 9.17) is 11.6 Å². The molecule has 1 saturated heterocycles. The number of para-hydroxylation sites is 1. The minimum Gasteiger partial charge on any atom is -0.394 e. The smallest absolute Gasteiger partial charge is 0.0662 e. The zero-order valence-corrected chi connectivity index (χ0v) is 12.3. The van der Waals surface area contributed by atoms with Gasteiger partial charge in [0.25, 0.3) is 0 Å². The van der Waals surface area contributed by atoms with Crippen LogP contribution in [0.2, 0.25) is 5.02 Å². The number of hydrogen-bond acceptors (Lipinski definition) is 3. The van der Waals surface area contributed by atoms with Crippen LogP contribution in [0.3, 0.4) is 0 Å². The van der Waals surface area contributed by atoms with E-state index in [1.807, 2.05) is 24.3 Å². The number of aliphatic hydroxyl groups excluding tert-OH is 1. The van der Waals surface area contributed by atoms with E-state index in [9.17, 15) is 5.11 Å². The number of aliphatic hydroxyl groups is 1. The zero-order chi connectivity index (χ0) is 13.7. The summed E-state index contributed by atoms with van der Waals surface area (Å²) >= 11 is 6.19. The third-order valence-electron chi connectivity index (χ3n) is 3.93. The highest BCUT2D eigenvalue weighted by molar-refractivity contribution is 6.33. The van der Waals surface area contributed by atoms with Gasteiger partial charge >= 0.3 is 0 Å². The fraction of sp³-hybridized carbons (Fsp3) is 0.600. The van der Waals surface area contributed by atoms with E-state index in [0.29, 0.717) is 5.02 Å². The number of rotatable bonds is 5. The van der Waals surface area contributed by atoms with Gasteiger partial charge in [0.05, 0.1) is 22.9 Å². The zero-order valence-electron chi connectivity index (χ0n) is 11.5. The van der Waals surface area contributed by atoms with E-state index < -0.39 is 0 Å². The minimum atomic E-state index is -0.227. The lowest BCUT2D eigenvalue weighted by atomic mass is 9.88. The lowest BCUT2D eigenvalue weighted by Gasteiger charge is -2.42. The van der Waals surface area contributed by atoms with Gasteiger partial charge in [-0.3, -0.25) is 0 Å². The molecule has 0 atom stereocenters. The Morgan fingerprint density at radius 2 is 2.00 bits per heavy atom. The number of nitrogens with one attached hydrogen (secondary N) is 1. The average molecular weight is 283 g/mol. The molecule has 1 aliphatic rings. The Hall–Kier alpha value is -0.770. The predicted octanol–water partition coefficient (Wildman–Crippen LogP) is 2.99. The topological polar surface area (TPSA) is 35.5 Å². The molecular formula is C15H23ClN2O. The first-order valence-electron chi connectivity index (χ1n) is 7.05. The first-order valence-corrected chi connectivity index (χ1v) is 7.43. The van der Waals surface area contributed by atoms with Gasteiger partial charge in [0.1, 0.15) is 0 Å². The molecule has 2 rings (SSSR count). The van der Waals surface area contributed by atoms with Crippen molar-refractivity contribution >= 4 is 17.3 Å². The summed E-state index contributed by atoms with van der Waals surface area (Å²) in [6.07, 6.45) is 3.09. The van der Waals surface area contributed by atoms with Crippen LogP contribution in [-0.4, -0.2) is 41.8 Å². The van der Waals surface area contributed by atoms with Crippen LogP contribution >= 0.6 is 11.6 Å². The van der Waals surface area contributed by atoms with E-state index in [1.165, 1.54) is 6.42 Å². The Morgan fingerprint density at radius 1 is 1.32 bits per heavy atom. The molecule has 0 unspecified atom stereocenters. The molecule has 19 heavy (non-hydrogen) atoms. The summed E-state index contributed by atoms with van der Waals surface area (Å²) in [4.78, 5) is 2.46. The van der Waals surface area contributed by atoms with Gasteiger partial charge in [-0.25, -0.2) is 0 Å². The van der Waals surface area contributed by atoms with Gasteiger partial charge in [0.2, 0.25) is 0 Å². The van der Waals surface area contributed by atoms with Crippen LogP contribution in [0, 0.1) is 0 Å². The summed E-state index contributed by atoms with van der Waals surface area (Å²) in [6, 6.07) is 7.73. The van der Waals surface area contributed by atoms with Crippen LogP contribution in [0.5, 0.6) is 0 Å². The molecule has 4 heteroatoms. The van der Waals surface area contributed by atoms with Crippen LogP contribution in [0.25, 0.3) is 0 Å². The Morgan fingerprint density at radius 3 is 2.58 bits per heavy atom. The second kappa shape index (κ2) is 6.60. The number of piperidine rings is 1. The van der Waals surface area contributed by atoms with Crippen molar-refractivity contribution < 1.29 is 5.11 Å². The van der Waals surface area contributed by atoms with E-state index in [-0.39, 0.29) is 12.1 Å². The van der Waals surface area contributed by atoms with Gasteiger partial charge in [0.15, 0.2) is 0 Å². The quantitative estimate of drug-likeness (QED) is 0.871. The second-order valence-electron chi connectivity index (χ2n) is 5.38. The molecule has 1 heterocycles. The van der Waals surface area contributed by atoms with Gasteiger partial charge in [0, 0.05) is 13.1 Å². The van der Waals surface area contributed by atoms with Gasteiger partial charge in [-0.05, 0) is 37.9 Å². The predicted molar refractivity (Wildman–Crippen MR) is 80.9 cm³/mol. The van der Waals surface area contributed by atoms with Crippen molar-refractivity contribution in [2.45, 2.75) is 31.7 Å². The molecule has 106 valence electrons. The lowest BCUT2D eigenvalue weighted by Crippen LogP contribution is -2.51. The maximum absolute atomic E-state index is 9.79. The lowest BCUT2D eigenvalue weighted by molar-refractivity contribution is 0.119. The van der Waals surface area contributed by atoms with Gasteiger partial charge in [-0.2, -0.15) is 0 Å². The van der Waals surface area contributed by atoms with Crippen LogP contribution in [0.4, 0.5) is 5.69 Å². The maximum atomic E-state index is 9.79. The number of halogens is 1. The van der Waals surface area contributed by atoms with Crippen molar-refractivity contribution in [2.75, 3.05) is 31.6 Å². The normalized spacial score (nSPS) is 19.3. The molecule has 1 aromatic carbocycles. The third kappa shape index (κ3) is 3.62. The Labute approximate surface area is 120 Å². The van der Waals surface area contributed by atoms with Crippen LogP contribution < -0.4 is 5.32 Å². The fourth-order valence-corrected chi connectivity index (χ4v) is 2.87. The molecule has 0 saturated carbocycles. The second-order valence-corrected chi connectivity index (χ2v) is 5.79. The number of anilines is 1. The van der Waals surface area contributed by atoms with Crippen molar-refractivity contribution in [1.29, 1.82) is 0 Å². The van der Waals surface area contributed by atoms with Crippen LogP contribution in [0.1, 0.15) is 26.2 Å². The van der Waals surface area contributed by atoms with Crippen LogP contribution in [0.15, 0.2) is 24.3 Å². The highest BCUT2D eigenvalue weighted by atomic mass is 35.5. The van der Waals surface area contributed by atoms with Gasteiger partial charge < -0.3 is 15.3 Å².